The molecule has 254 valence electrons. The van der Waals surface area contributed by atoms with E-state index in [1.54, 1.807) is 35.2 Å². The third-order valence-electron chi connectivity index (χ3n) is 8.54. The Morgan fingerprint density at radius 1 is 0.851 bits per heavy atom. The van der Waals surface area contributed by atoms with Crippen LogP contribution in [0.1, 0.15) is 35.1 Å². The van der Waals surface area contributed by atoms with E-state index < -0.39 is 65.8 Å². The molecule has 3 fully saturated rings. The topological polar surface area (TPSA) is 93.7 Å². The largest absolute Gasteiger partial charge is 0.444 e. The van der Waals surface area contributed by atoms with E-state index in [1.807, 2.05) is 11.9 Å². The second-order valence-electron chi connectivity index (χ2n) is 11.8. The summed E-state index contributed by atoms with van der Waals surface area (Å²) in [5.41, 5.74) is -2.89. The van der Waals surface area contributed by atoms with Crippen molar-refractivity contribution < 1.29 is 50.3 Å². The Labute approximate surface area is 266 Å². The van der Waals surface area contributed by atoms with Gasteiger partial charge < -0.3 is 24.3 Å². The number of hydrogen-bond donors (Lipinski definition) is 0. The Kier molecular flexibility index (Phi) is 9.70. The van der Waals surface area contributed by atoms with Crippen molar-refractivity contribution in [1.29, 1.82) is 0 Å². The summed E-state index contributed by atoms with van der Waals surface area (Å²) in [5, 5.41) is 0. The first kappa shape index (κ1) is 34.0. The normalized spacial score (nSPS) is 21.2. The SMILES string of the molecule is CN1CCN(C(=O)C[C@H]2C(=O)N(Cc3ccccc3)CC3N(C(=O)OCc4cc(C(F)(F)F)cc(C(F)(F)F)c4)CCC(=O)N32)CC1. The van der Waals surface area contributed by atoms with Gasteiger partial charge >= 0.3 is 18.4 Å². The standard InChI is InChI=1S/C31H33F6N5O5/c1-38-9-11-39(12-10-38)27(44)16-24-28(45)40(17-20-5-3-2-4-6-20)18-25-41(8-7-26(43)42(24)25)29(46)47-19-21-13-22(30(32,33)34)15-23(14-21)31(35,36)37/h2-6,13-15,24-25H,7-12,16-19H2,1H3/t24-,25?/m0/s1. The lowest BCUT2D eigenvalue weighted by Gasteiger charge is -2.51. The van der Waals surface area contributed by atoms with Crippen LogP contribution in [0.2, 0.25) is 0 Å². The van der Waals surface area contributed by atoms with Crippen molar-refractivity contribution in [2.24, 2.45) is 0 Å². The van der Waals surface area contributed by atoms with E-state index in [0.29, 0.717) is 38.3 Å². The third-order valence-corrected chi connectivity index (χ3v) is 8.54. The molecule has 2 atom stereocenters. The van der Waals surface area contributed by atoms with E-state index in [2.05, 4.69) is 0 Å². The van der Waals surface area contributed by atoms with Gasteiger partial charge in [0.2, 0.25) is 17.7 Å². The van der Waals surface area contributed by atoms with Crippen molar-refractivity contribution in [1.82, 2.24) is 24.5 Å². The number of fused-ring (bicyclic) bond motifs is 1. The number of benzene rings is 2. The van der Waals surface area contributed by atoms with Crippen LogP contribution in [0.3, 0.4) is 0 Å². The van der Waals surface area contributed by atoms with E-state index in [0.717, 1.165) is 10.5 Å². The fourth-order valence-electron chi connectivity index (χ4n) is 6.02. The number of ether oxygens (including phenoxy) is 1. The summed E-state index contributed by atoms with van der Waals surface area (Å²) in [6.07, 6.45) is -12.9. The molecular formula is C31H33F6N5O5. The zero-order chi connectivity index (χ0) is 34.1. The summed E-state index contributed by atoms with van der Waals surface area (Å²) >= 11 is 0. The van der Waals surface area contributed by atoms with Crippen LogP contribution in [0.15, 0.2) is 48.5 Å². The van der Waals surface area contributed by atoms with Crippen molar-refractivity contribution in [2.75, 3.05) is 46.3 Å². The van der Waals surface area contributed by atoms with Gasteiger partial charge in [0.05, 0.1) is 24.1 Å². The monoisotopic (exact) mass is 669 g/mol. The molecule has 3 aliphatic rings. The molecule has 3 aliphatic heterocycles. The van der Waals surface area contributed by atoms with E-state index in [4.69, 9.17) is 4.74 Å². The van der Waals surface area contributed by atoms with Gasteiger partial charge in [-0.05, 0) is 36.4 Å². The quantitative estimate of drug-likeness (QED) is 0.435. The first-order valence-corrected chi connectivity index (χ1v) is 14.9. The highest BCUT2D eigenvalue weighted by molar-refractivity contribution is 5.94. The number of rotatable bonds is 6. The summed E-state index contributed by atoms with van der Waals surface area (Å²) in [5.74, 6) is -1.30. The van der Waals surface area contributed by atoms with Crippen molar-refractivity contribution in [2.45, 2.75) is 50.6 Å². The van der Waals surface area contributed by atoms with Gasteiger partial charge in [0.1, 0.15) is 18.8 Å². The summed E-state index contributed by atoms with van der Waals surface area (Å²) in [6.45, 7) is 0.983. The molecule has 1 unspecified atom stereocenters. The lowest BCUT2D eigenvalue weighted by molar-refractivity contribution is -0.170. The number of likely N-dealkylation sites (N-methyl/N-ethyl adjacent to an activating group) is 1. The number of carbonyl (C=O) groups excluding carboxylic acids is 4. The minimum absolute atomic E-state index is 0.0244. The van der Waals surface area contributed by atoms with Gasteiger partial charge in [-0.25, -0.2) is 4.79 Å². The van der Waals surface area contributed by atoms with Crippen molar-refractivity contribution in [3.63, 3.8) is 0 Å². The predicted octanol–water partition coefficient (Wildman–Crippen LogP) is 3.80. The Bertz CT molecular complexity index is 1460. The number of amides is 4. The average Bonchev–Trinajstić information content (AvgIpc) is 3.01. The van der Waals surface area contributed by atoms with Crippen LogP contribution >= 0.6 is 0 Å². The minimum Gasteiger partial charge on any atom is -0.444 e. The van der Waals surface area contributed by atoms with Crippen molar-refractivity contribution >= 4 is 23.8 Å². The Hall–Kier alpha value is -4.34. The molecule has 0 bridgehead atoms. The molecule has 0 aromatic heterocycles. The van der Waals surface area contributed by atoms with Crippen LogP contribution in [0, 0.1) is 0 Å². The maximum Gasteiger partial charge on any atom is 0.416 e. The summed E-state index contributed by atoms with van der Waals surface area (Å²) in [7, 11) is 1.92. The number of halogens is 6. The molecule has 0 radical (unpaired) electrons. The molecule has 2 aromatic rings. The summed E-state index contributed by atoms with van der Waals surface area (Å²) in [6, 6.07) is 8.57. The van der Waals surface area contributed by atoms with E-state index in [-0.39, 0.29) is 44.4 Å². The Morgan fingerprint density at radius 2 is 1.47 bits per heavy atom. The van der Waals surface area contributed by atoms with Crippen LogP contribution in [0.25, 0.3) is 0 Å². The minimum atomic E-state index is -5.08. The molecule has 0 aliphatic carbocycles. The number of alkyl halides is 6. The summed E-state index contributed by atoms with van der Waals surface area (Å²) in [4.78, 5) is 61.3. The Morgan fingerprint density at radius 3 is 2.06 bits per heavy atom. The lowest BCUT2D eigenvalue weighted by Crippen LogP contribution is -2.71. The molecule has 0 spiro atoms. The molecule has 4 amide bonds. The molecule has 5 rings (SSSR count). The second-order valence-corrected chi connectivity index (χ2v) is 11.8. The number of carbonyl (C=O) groups is 4. The van der Waals surface area contributed by atoms with Crippen LogP contribution in [-0.4, -0.2) is 107 Å². The highest BCUT2D eigenvalue weighted by atomic mass is 19.4. The average molecular weight is 670 g/mol. The van der Waals surface area contributed by atoms with Crippen LogP contribution in [0.5, 0.6) is 0 Å². The maximum absolute atomic E-state index is 13.8. The smallest absolute Gasteiger partial charge is 0.416 e. The fraction of sp³-hybridized carbons (Fsp3) is 0.484. The highest BCUT2D eigenvalue weighted by Gasteiger charge is 2.50. The third kappa shape index (κ3) is 7.80. The van der Waals surface area contributed by atoms with Gasteiger partial charge in [-0.1, -0.05) is 30.3 Å². The molecule has 2 aromatic carbocycles. The molecule has 3 heterocycles. The first-order chi connectivity index (χ1) is 22.1. The number of nitrogens with zero attached hydrogens (tertiary/aromatic N) is 5. The molecule has 3 saturated heterocycles. The van der Waals surface area contributed by atoms with Crippen molar-refractivity contribution in [3.05, 3.63) is 70.8 Å². The van der Waals surface area contributed by atoms with Gasteiger partial charge in [0.25, 0.3) is 0 Å². The Balaban J connectivity index is 1.39. The van der Waals surface area contributed by atoms with E-state index >= 15 is 0 Å². The zero-order valence-electron chi connectivity index (χ0n) is 25.4. The molecule has 10 nitrogen and oxygen atoms in total. The first-order valence-electron chi connectivity index (χ1n) is 14.9. The van der Waals surface area contributed by atoms with Gasteiger partial charge in [-0.2, -0.15) is 26.3 Å². The predicted molar refractivity (Wildman–Crippen MR) is 153 cm³/mol. The zero-order valence-corrected chi connectivity index (χ0v) is 25.4. The highest BCUT2D eigenvalue weighted by Crippen LogP contribution is 2.37. The number of piperazine rings is 2. The molecule has 0 saturated carbocycles. The molecule has 0 N–H and O–H groups in total. The lowest BCUT2D eigenvalue weighted by atomic mass is 10.00. The van der Waals surface area contributed by atoms with E-state index in [9.17, 15) is 45.5 Å². The van der Waals surface area contributed by atoms with Crippen molar-refractivity contribution in [3.8, 4) is 0 Å². The van der Waals surface area contributed by atoms with Gasteiger partial charge in [0.15, 0.2) is 0 Å². The fourth-order valence-corrected chi connectivity index (χ4v) is 6.02. The number of hydrogen-bond acceptors (Lipinski definition) is 6. The van der Waals surface area contributed by atoms with Crippen LogP contribution in [-0.2, 0) is 44.6 Å². The van der Waals surface area contributed by atoms with Crippen LogP contribution in [0.4, 0.5) is 31.1 Å². The molecule has 47 heavy (non-hydrogen) atoms. The van der Waals surface area contributed by atoms with Crippen LogP contribution < -0.4 is 0 Å². The van der Waals surface area contributed by atoms with Gasteiger partial charge in [0, 0.05) is 45.7 Å². The summed E-state index contributed by atoms with van der Waals surface area (Å²) < 4.78 is 85.3. The van der Waals surface area contributed by atoms with Gasteiger partial charge in [-0.15, -0.1) is 0 Å². The second kappa shape index (κ2) is 13.4. The maximum atomic E-state index is 13.8. The molecular weight excluding hydrogens is 636 g/mol. The molecule has 16 heteroatoms. The van der Waals surface area contributed by atoms with Gasteiger partial charge in [-0.3, -0.25) is 19.3 Å². The van der Waals surface area contributed by atoms with E-state index in [1.165, 1.54) is 9.80 Å².